The molecule has 1 unspecified atom stereocenters. The van der Waals surface area contributed by atoms with Gasteiger partial charge in [-0.05, 0) is 31.0 Å². The number of nitrogens with zero attached hydrogens (tertiary/aromatic N) is 2. The van der Waals surface area contributed by atoms with Crippen molar-refractivity contribution in [1.29, 1.82) is 0 Å². The standard InChI is InChI=1S/C18H22N2O6S2/c1-24-15-7-6-12(9-16(15)25-2)17-19-13(11-27-17)10-26-18(21)14-5-4-8-20(14)28(3,22)23/h6-7,9,11,14H,4-5,8,10H2,1-3H3. The van der Waals surface area contributed by atoms with E-state index in [2.05, 4.69) is 4.98 Å². The zero-order chi connectivity index (χ0) is 20.3. The summed E-state index contributed by atoms with van der Waals surface area (Å²) in [6.45, 7) is 0.343. The number of esters is 1. The van der Waals surface area contributed by atoms with Crippen LogP contribution in [0, 0.1) is 0 Å². The van der Waals surface area contributed by atoms with Crippen LogP contribution >= 0.6 is 11.3 Å². The second-order valence-corrected chi connectivity index (χ2v) is 9.15. The third kappa shape index (κ3) is 4.45. The van der Waals surface area contributed by atoms with Crippen LogP contribution in [0.2, 0.25) is 0 Å². The molecule has 0 bridgehead atoms. The van der Waals surface area contributed by atoms with Crippen LogP contribution in [-0.4, -0.2) is 56.7 Å². The van der Waals surface area contributed by atoms with Crippen LogP contribution in [0.15, 0.2) is 23.6 Å². The minimum absolute atomic E-state index is 0.00325. The van der Waals surface area contributed by atoms with Crippen LogP contribution in [-0.2, 0) is 26.2 Å². The first kappa shape index (κ1) is 20.6. The molecule has 1 aliphatic heterocycles. The summed E-state index contributed by atoms with van der Waals surface area (Å²) in [5.74, 6) is 0.692. The SMILES string of the molecule is COc1ccc(-c2nc(COC(=O)C3CCCN3S(C)(=O)=O)cs2)cc1OC. The quantitative estimate of drug-likeness (QED) is 0.627. The molecule has 0 spiro atoms. The lowest BCUT2D eigenvalue weighted by Crippen LogP contribution is -2.40. The molecule has 1 saturated heterocycles. The zero-order valence-electron chi connectivity index (χ0n) is 15.9. The molecule has 3 rings (SSSR count). The number of carbonyl (C=O) groups excluding carboxylic acids is 1. The van der Waals surface area contributed by atoms with Gasteiger partial charge in [0.05, 0.1) is 26.2 Å². The van der Waals surface area contributed by atoms with Gasteiger partial charge in [0.2, 0.25) is 10.0 Å². The topological polar surface area (TPSA) is 95.0 Å². The van der Waals surface area contributed by atoms with Crippen molar-refractivity contribution in [1.82, 2.24) is 9.29 Å². The van der Waals surface area contributed by atoms with Gasteiger partial charge >= 0.3 is 5.97 Å². The molecule has 0 radical (unpaired) electrons. The van der Waals surface area contributed by atoms with Crippen LogP contribution < -0.4 is 9.47 Å². The predicted octanol–water partition coefficient (Wildman–Crippen LogP) is 2.29. The molecule has 152 valence electrons. The van der Waals surface area contributed by atoms with E-state index in [-0.39, 0.29) is 6.61 Å². The minimum Gasteiger partial charge on any atom is -0.493 e. The first-order valence-corrected chi connectivity index (χ1v) is 11.4. The van der Waals surface area contributed by atoms with Crippen LogP contribution in [0.5, 0.6) is 11.5 Å². The van der Waals surface area contributed by atoms with Crippen molar-refractivity contribution in [2.75, 3.05) is 27.0 Å². The van der Waals surface area contributed by atoms with Crippen molar-refractivity contribution in [3.8, 4) is 22.1 Å². The number of aromatic nitrogens is 1. The van der Waals surface area contributed by atoms with Gasteiger partial charge < -0.3 is 14.2 Å². The van der Waals surface area contributed by atoms with Crippen LogP contribution in [0.25, 0.3) is 10.6 Å². The lowest BCUT2D eigenvalue weighted by atomic mass is 10.2. The molecule has 0 saturated carbocycles. The number of benzene rings is 1. The maximum absolute atomic E-state index is 12.3. The Morgan fingerprint density at radius 2 is 2.04 bits per heavy atom. The highest BCUT2D eigenvalue weighted by molar-refractivity contribution is 7.88. The Bertz CT molecular complexity index is 957. The van der Waals surface area contributed by atoms with E-state index < -0.39 is 22.0 Å². The Balaban J connectivity index is 1.66. The average Bonchev–Trinajstić information content (AvgIpc) is 3.34. The molecule has 2 heterocycles. The third-order valence-corrected chi connectivity index (χ3v) is 6.68. The highest BCUT2D eigenvalue weighted by Gasteiger charge is 2.37. The Hall–Kier alpha value is -2.17. The fraction of sp³-hybridized carbons (Fsp3) is 0.444. The number of hydrogen-bond donors (Lipinski definition) is 0. The minimum atomic E-state index is -3.43. The largest absolute Gasteiger partial charge is 0.493 e. The van der Waals surface area contributed by atoms with E-state index in [0.29, 0.717) is 36.6 Å². The van der Waals surface area contributed by atoms with Crippen molar-refractivity contribution in [2.45, 2.75) is 25.5 Å². The van der Waals surface area contributed by atoms with Gasteiger partial charge in [-0.1, -0.05) is 0 Å². The van der Waals surface area contributed by atoms with Gasteiger partial charge in [-0.15, -0.1) is 11.3 Å². The van der Waals surface area contributed by atoms with Crippen molar-refractivity contribution < 1.29 is 27.4 Å². The Morgan fingerprint density at radius 3 is 2.71 bits per heavy atom. The third-order valence-electron chi connectivity index (χ3n) is 4.45. The fourth-order valence-electron chi connectivity index (χ4n) is 3.09. The highest BCUT2D eigenvalue weighted by Crippen LogP contribution is 2.33. The van der Waals surface area contributed by atoms with E-state index in [0.717, 1.165) is 16.8 Å². The average molecular weight is 427 g/mol. The number of carbonyl (C=O) groups is 1. The van der Waals surface area contributed by atoms with Gasteiger partial charge in [0, 0.05) is 17.5 Å². The summed E-state index contributed by atoms with van der Waals surface area (Å²) in [5, 5.41) is 2.56. The molecule has 0 N–H and O–H groups in total. The molecular weight excluding hydrogens is 404 g/mol. The van der Waals surface area contributed by atoms with Crippen LogP contribution in [0.4, 0.5) is 0 Å². The van der Waals surface area contributed by atoms with Gasteiger partial charge in [-0.25, -0.2) is 13.4 Å². The van der Waals surface area contributed by atoms with Crippen LogP contribution in [0.3, 0.4) is 0 Å². The Morgan fingerprint density at radius 1 is 1.29 bits per heavy atom. The second kappa shape index (κ2) is 8.46. The normalized spacial score (nSPS) is 17.5. The molecule has 1 aliphatic rings. The first-order chi connectivity index (χ1) is 13.3. The Labute approximate surface area is 168 Å². The van der Waals surface area contributed by atoms with Crippen molar-refractivity contribution in [3.63, 3.8) is 0 Å². The summed E-state index contributed by atoms with van der Waals surface area (Å²) >= 11 is 1.42. The summed E-state index contributed by atoms with van der Waals surface area (Å²) in [4.78, 5) is 16.8. The van der Waals surface area contributed by atoms with Crippen molar-refractivity contribution in [3.05, 3.63) is 29.3 Å². The number of thiazole rings is 1. The van der Waals surface area contributed by atoms with E-state index in [1.54, 1.807) is 20.3 Å². The summed E-state index contributed by atoms with van der Waals surface area (Å²) < 4.78 is 40.6. The number of ether oxygens (including phenoxy) is 3. The lowest BCUT2D eigenvalue weighted by Gasteiger charge is -2.20. The molecule has 0 aliphatic carbocycles. The maximum atomic E-state index is 12.3. The van der Waals surface area contributed by atoms with Crippen molar-refractivity contribution in [2.24, 2.45) is 0 Å². The van der Waals surface area contributed by atoms with E-state index in [1.807, 2.05) is 17.5 Å². The molecule has 2 aromatic rings. The molecule has 1 fully saturated rings. The molecule has 1 atom stereocenters. The molecule has 1 aromatic heterocycles. The summed E-state index contributed by atoms with van der Waals surface area (Å²) in [6.07, 6.45) is 2.22. The number of hydrogen-bond acceptors (Lipinski definition) is 8. The molecule has 28 heavy (non-hydrogen) atoms. The van der Waals surface area contributed by atoms with E-state index in [9.17, 15) is 13.2 Å². The summed E-state index contributed by atoms with van der Waals surface area (Å²) in [7, 11) is -0.288. The number of rotatable bonds is 7. The molecular formula is C18H22N2O6S2. The molecule has 8 nitrogen and oxygen atoms in total. The summed E-state index contributed by atoms with van der Waals surface area (Å²) in [5.41, 5.74) is 1.46. The van der Waals surface area contributed by atoms with Gasteiger partial charge in [0.15, 0.2) is 11.5 Å². The Kier molecular flexibility index (Phi) is 6.21. The number of sulfonamides is 1. The van der Waals surface area contributed by atoms with Crippen LogP contribution in [0.1, 0.15) is 18.5 Å². The maximum Gasteiger partial charge on any atom is 0.324 e. The van der Waals surface area contributed by atoms with Gasteiger partial charge in [0.25, 0.3) is 0 Å². The number of methoxy groups -OCH3 is 2. The van der Waals surface area contributed by atoms with Gasteiger partial charge in [0.1, 0.15) is 17.7 Å². The van der Waals surface area contributed by atoms with E-state index in [4.69, 9.17) is 14.2 Å². The van der Waals surface area contributed by atoms with E-state index >= 15 is 0 Å². The molecule has 10 heteroatoms. The smallest absolute Gasteiger partial charge is 0.324 e. The summed E-state index contributed by atoms with van der Waals surface area (Å²) in [6, 6.07) is 4.75. The fourth-order valence-corrected chi connectivity index (χ4v) is 5.00. The predicted molar refractivity (Wildman–Crippen MR) is 105 cm³/mol. The lowest BCUT2D eigenvalue weighted by molar-refractivity contribution is -0.148. The van der Waals surface area contributed by atoms with Crippen molar-refractivity contribution >= 4 is 27.3 Å². The van der Waals surface area contributed by atoms with Gasteiger partial charge in [-0.2, -0.15) is 4.31 Å². The van der Waals surface area contributed by atoms with E-state index in [1.165, 1.54) is 15.6 Å². The second-order valence-electron chi connectivity index (χ2n) is 6.35. The van der Waals surface area contributed by atoms with Gasteiger partial charge in [-0.3, -0.25) is 4.79 Å². The first-order valence-electron chi connectivity index (χ1n) is 8.63. The zero-order valence-corrected chi connectivity index (χ0v) is 17.5. The molecule has 0 amide bonds. The monoisotopic (exact) mass is 426 g/mol. The molecule has 1 aromatic carbocycles. The highest BCUT2D eigenvalue weighted by atomic mass is 32.2.